The molecule has 0 atom stereocenters. The van der Waals surface area contributed by atoms with Crippen LogP contribution >= 0.6 is 11.8 Å². The van der Waals surface area contributed by atoms with Crippen LogP contribution in [-0.2, 0) is 10.5 Å². The summed E-state index contributed by atoms with van der Waals surface area (Å²) in [4.78, 5) is 10.6. The van der Waals surface area contributed by atoms with Crippen molar-refractivity contribution in [2.24, 2.45) is 5.41 Å². The summed E-state index contributed by atoms with van der Waals surface area (Å²) >= 11 is 1.73. The third-order valence-corrected chi connectivity index (χ3v) is 3.93. The number of rotatable bonds is 6. The molecule has 0 amide bonds. The van der Waals surface area contributed by atoms with Gasteiger partial charge in [-0.25, -0.2) is 0 Å². The van der Waals surface area contributed by atoms with Gasteiger partial charge in [-0.3, -0.25) is 4.79 Å². The first kappa shape index (κ1) is 10.5. The number of hydrogen-bond acceptors (Lipinski definition) is 4. The first-order valence-corrected chi connectivity index (χ1v) is 6.05. The SMILES string of the molecule is O=C(O)CC1(CSCc2ccno2)CC1. The topological polar surface area (TPSA) is 63.3 Å². The average Bonchev–Trinajstić information content (AvgIpc) is 2.74. The molecule has 82 valence electrons. The molecule has 1 heterocycles. The Morgan fingerprint density at radius 1 is 1.67 bits per heavy atom. The lowest BCUT2D eigenvalue weighted by molar-refractivity contribution is -0.138. The molecule has 5 heteroatoms. The summed E-state index contributed by atoms with van der Waals surface area (Å²) in [5.41, 5.74) is 0.0660. The number of carboxylic acids is 1. The van der Waals surface area contributed by atoms with E-state index in [9.17, 15) is 4.79 Å². The predicted octanol–water partition coefficient (Wildman–Crippen LogP) is 2.16. The Bertz CT molecular complexity index is 332. The van der Waals surface area contributed by atoms with E-state index in [0.29, 0.717) is 6.42 Å². The highest BCUT2D eigenvalue weighted by Crippen LogP contribution is 2.51. The fourth-order valence-corrected chi connectivity index (χ4v) is 2.83. The van der Waals surface area contributed by atoms with E-state index in [1.54, 1.807) is 18.0 Å². The maximum absolute atomic E-state index is 10.6. The zero-order valence-corrected chi connectivity index (χ0v) is 9.13. The minimum absolute atomic E-state index is 0.0660. The van der Waals surface area contributed by atoms with Crippen molar-refractivity contribution in [2.45, 2.75) is 25.0 Å². The van der Waals surface area contributed by atoms with Gasteiger partial charge in [0.05, 0.1) is 18.4 Å². The van der Waals surface area contributed by atoms with E-state index in [0.717, 1.165) is 30.1 Å². The predicted molar refractivity (Wildman–Crippen MR) is 56.6 cm³/mol. The second-order valence-corrected chi connectivity index (χ2v) is 5.03. The molecule has 0 aliphatic heterocycles. The molecule has 1 aromatic heterocycles. The second kappa shape index (κ2) is 4.26. The number of nitrogens with zero attached hydrogens (tertiary/aromatic N) is 1. The Hall–Kier alpha value is -0.970. The van der Waals surface area contributed by atoms with Crippen molar-refractivity contribution in [2.75, 3.05) is 5.75 Å². The van der Waals surface area contributed by atoms with Crippen LogP contribution in [0.25, 0.3) is 0 Å². The van der Waals surface area contributed by atoms with Crippen LogP contribution in [0.4, 0.5) is 0 Å². The first-order chi connectivity index (χ1) is 7.20. The minimum Gasteiger partial charge on any atom is -0.481 e. The highest BCUT2D eigenvalue weighted by Gasteiger charge is 2.44. The molecule has 0 spiro atoms. The monoisotopic (exact) mass is 227 g/mol. The fourth-order valence-electron chi connectivity index (χ4n) is 1.55. The lowest BCUT2D eigenvalue weighted by Crippen LogP contribution is -2.11. The molecule has 2 rings (SSSR count). The summed E-state index contributed by atoms with van der Waals surface area (Å²) in [6, 6.07) is 1.84. The van der Waals surface area contributed by atoms with E-state index >= 15 is 0 Å². The Morgan fingerprint density at radius 2 is 2.47 bits per heavy atom. The number of thioether (sulfide) groups is 1. The zero-order valence-electron chi connectivity index (χ0n) is 8.31. The van der Waals surface area contributed by atoms with Gasteiger partial charge in [0, 0.05) is 6.07 Å². The van der Waals surface area contributed by atoms with Crippen LogP contribution in [0.5, 0.6) is 0 Å². The largest absolute Gasteiger partial charge is 0.481 e. The average molecular weight is 227 g/mol. The fraction of sp³-hybridized carbons (Fsp3) is 0.600. The van der Waals surface area contributed by atoms with Gasteiger partial charge in [0.1, 0.15) is 5.76 Å². The van der Waals surface area contributed by atoms with E-state index < -0.39 is 5.97 Å². The Labute approximate surface area is 92.0 Å². The van der Waals surface area contributed by atoms with Crippen LogP contribution in [0.2, 0.25) is 0 Å². The highest BCUT2D eigenvalue weighted by atomic mass is 32.2. The van der Waals surface area contributed by atoms with Gasteiger partial charge in [-0.1, -0.05) is 5.16 Å². The molecule has 1 aliphatic carbocycles. The number of aliphatic carboxylic acids is 1. The molecule has 15 heavy (non-hydrogen) atoms. The van der Waals surface area contributed by atoms with Gasteiger partial charge in [-0.05, 0) is 24.0 Å². The Balaban J connectivity index is 1.72. The minimum atomic E-state index is -0.687. The van der Waals surface area contributed by atoms with Gasteiger partial charge < -0.3 is 9.63 Å². The van der Waals surface area contributed by atoms with Gasteiger partial charge in [0.2, 0.25) is 0 Å². The molecule has 0 bridgehead atoms. The molecule has 1 aromatic rings. The van der Waals surface area contributed by atoms with Crippen molar-refractivity contribution in [3.05, 3.63) is 18.0 Å². The number of carbonyl (C=O) groups is 1. The quantitative estimate of drug-likeness (QED) is 0.806. The van der Waals surface area contributed by atoms with Gasteiger partial charge in [-0.2, -0.15) is 11.8 Å². The van der Waals surface area contributed by atoms with Gasteiger partial charge in [0.25, 0.3) is 0 Å². The highest BCUT2D eigenvalue weighted by molar-refractivity contribution is 7.98. The number of carboxylic acid groups (broad SMARTS) is 1. The van der Waals surface area contributed by atoms with Crippen molar-refractivity contribution in [1.82, 2.24) is 5.16 Å². The summed E-state index contributed by atoms with van der Waals surface area (Å²) in [6.45, 7) is 0. The van der Waals surface area contributed by atoms with Crippen molar-refractivity contribution in [3.8, 4) is 0 Å². The van der Waals surface area contributed by atoms with Crippen molar-refractivity contribution in [1.29, 1.82) is 0 Å². The van der Waals surface area contributed by atoms with Crippen LogP contribution in [0, 0.1) is 5.41 Å². The molecule has 0 aromatic carbocycles. The van der Waals surface area contributed by atoms with Crippen molar-refractivity contribution in [3.63, 3.8) is 0 Å². The summed E-state index contributed by atoms with van der Waals surface area (Å²) in [5, 5.41) is 12.4. The van der Waals surface area contributed by atoms with E-state index in [-0.39, 0.29) is 5.41 Å². The molecule has 0 radical (unpaired) electrons. The van der Waals surface area contributed by atoms with Crippen LogP contribution < -0.4 is 0 Å². The molecule has 1 aliphatic rings. The van der Waals surface area contributed by atoms with Crippen LogP contribution in [0.15, 0.2) is 16.8 Å². The van der Waals surface area contributed by atoms with E-state index in [1.165, 1.54) is 0 Å². The van der Waals surface area contributed by atoms with Gasteiger partial charge >= 0.3 is 5.97 Å². The molecule has 1 saturated carbocycles. The lowest BCUT2D eigenvalue weighted by atomic mass is 10.1. The third-order valence-electron chi connectivity index (χ3n) is 2.63. The van der Waals surface area contributed by atoms with Crippen LogP contribution in [-0.4, -0.2) is 22.0 Å². The number of hydrogen-bond donors (Lipinski definition) is 1. The van der Waals surface area contributed by atoms with Crippen molar-refractivity contribution < 1.29 is 14.4 Å². The molecular formula is C10H13NO3S. The molecule has 1 N–H and O–H groups in total. The normalized spacial score (nSPS) is 17.6. The van der Waals surface area contributed by atoms with E-state index in [4.69, 9.17) is 9.63 Å². The molecule has 0 saturated heterocycles. The summed E-state index contributed by atoms with van der Waals surface area (Å²) in [6.07, 6.45) is 4.02. The number of aromatic nitrogens is 1. The van der Waals surface area contributed by atoms with E-state index in [1.807, 2.05) is 6.07 Å². The maximum atomic E-state index is 10.6. The van der Waals surface area contributed by atoms with Gasteiger partial charge in [0.15, 0.2) is 0 Å². The summed E-state index contributed by atoms with van der Waals surface area (Å²) in [7, 11) is 0. The molecule has 4 nitrogen and oxygen atoms in total. The zero-order chi connectivity index (χ0) is 10.7. The third kappa shape index (κ3) is 2.99. The molecule has 1 fully saturated rings. The van der Waals surface area contributed by atoms with Gasteiger partial charge in [-0.15, -0.1) is 0 Å². The summed E-state index contributed by atoms with van der Waals surface area (Å²) < 4.78 is 4.96. The maximum Gasteiger partial charge on any atom is 0.303 e. The van der Waals surface area contributed by atoms with E-state index in [2.05, 4.69) is 5.16 Å². The molecular weight excluding hydrogens is 214 g/mol. The standard InChI is InChI=1S/C10H13NO3S/c12-9(13)5-10(2-3-10)7-15-6-8-1-4-11-14-8/h1,4H,2-3,5-7H2,(H,12,13). The smallest absolute Gasteiger partial charge is 0.303 e. The van der Waals surface area contributed by atoms with Crippen molar-refractivity contribution >= 4 is 17.7 Å². The molecule has 0 unspecified atom stereocenters. The lowest BCUT2D eigenvalue weighted by Gasteiger charge is -2.10. The van der Waals surface area contributed by atoms with Crippen LogP contribution in [0.3, 0.4) is 0 Å². The second-order valence-electron chi connectivity index (χ2n) is 4.04. The Kier molecular flexibility index (Phi) is 3.00. The Morgan fingerprint density at radius 3 is 3.00 bits per heavy atom. The first-order valence-electron chi connectivity index (χ1n) is 4.89. The van der Waals surface area contributed by atoms with Crippen LogP contribution in [0.1, 0.15) is 25.0 Å². The summed E-state index contributed by atoms with van der Waals surface area (Å²) in [5.74, 6) is 1.85.